The van der Waals surface area contributed by atoms with Gasteiger partial charge in [-0.2, -0.15) is 0 Å². The van der Waals surface area contributed by atoms with E-state index in [1.807, 2.05) is 6.07 Å². The molecule has 1 aliphatic heterocycles. The number of alkyl carbamates (subject to hydrolysis) is 1. The van der Waals surface area contributed by atoms with Crippen LogP contribution in [0.25, 0.3) is 0 Å². The van der Waals surface area contributed by atoms with Crippen molar-refractivity contribution >= 4 is 11.8 Å². The summed E-state index contributed by atoms with van der Waals surface area (Å²) in [4.78, 5) is 13.3. The molecule has 0 aromatic heterocycles. The van der Waals surface area contributed by atoms with E-state index in [-0.39, 0.29) is 18.0 Å². The maximum absolute atomic E-state index is 13.1. The van der Waals surface area contributed by atoms with Crippen LogP contribution in [0.15, 0.2) is 24.3 Å². The van der Waals surface area contributed by atoms with Crippen LogP contribution in [0.2, 0.25) is 0 Å². The summed E-state index contributed by atoms with van der Waals surface area (Å²) in [5, 5.41) is 2.80. The Bertz CT molecular complexity index is 425. The molecule has 1 saturated heterocycles. The highest BCUT2D eigenvalue weighted by molar-refractivity contribution is 5.67. The summed E-state index contributed by atoms with van der Waals surface area (Å²) in [6.45, 7) is 3.63. The fourth-order valence-corrected chi connectivity index (χ4v) is 2.12. The lowest BCUT2D eigenvalue weighted by Gasteiger charge is -2.18. The molecule has 1 fully saturated rings. The Morgan fingerprint density at radius 1 is 1.61 bits per heavy atom. The predicted octanol–water partition coefficient (Wildman–Crippen LogP) is 2.15. The van der Waals surface area contributed by atoms with Gasteiger partial charge in [-0.25, -0.2) is 9.18 Å². The second-order valence-electron chi connectivity index (χ2n) is 4.28. The zero-order chi connectivity index (χ0) is 13.0. The lowest BCUT2D eigenvalue weighted by atomic mass is 10.3. The van der Waals surface area contributed by atoms with E-state index in [0.29, 0.717) is 13.2 Å². The number of hydrogen-bond acceptors (Lipinski definition) is 3. The number of hydrogen-bond donors (Lipinski definition) is 1. The van der Waals surface area contributed by atoms with Gasteiger partial charge in [0.05, 0.1) is 12.6 Å². The van der Waals surface area contributed by atoms with Crippen LogP contribution in [-0.2, 0) is 4.74 Å². The highest BCUT2D eigenvalue weighted by Gasteiger charge is 2.24. The molecule has 1 unspecified atom stereocenters. The second kappa shape index (κ2) is 5.71. The molecule has 98 valence electrons. The number of nitrogens with one attached hydrogen (secondary N) is 1. The van der Waals surface area contributed by atoms with Gasteiger partial charge in [0.1, 0.15) is 5.82 Å². The van der Waals surface area contributed by atoms with Crippen molar-refractivity contribution in [2.45, 2.75) is 19.4 Å². The van der Waals surface area contributed by atoms with E-state index in [1.54, 1.807) is 13.0 Å². The third-order valence-corrected chi connectivity index (χ3v) is 2.96. The van der Waals surface area contributed by atoms with Gasteiger partial charge in [0, 0.05) is 18.8 Å². The van der Waals surface area contributed by atoms with Gasteiger partial charge in [-0.05, 0) is 31.5 Å². The maximum Gasteiger partial charge on any atom is 0.407 e. The summed E-state index contributed by atoms with van der Waals surface area (Å²) in [7, 11) is 0. The average molecular weight is 252 g/mol. The number of nitrogens with zero attached hydrogens (tertiary/aromatic N) is 1. The van der Waals surface area contributed by atoms with Crippen LogP contribution in [0.1, 0.15) is 13.3 Å². The standard InChI is InChI=1S/C13H17FN2O2/c1-2-18-13(17)15-11-6-7-16(9-11)12-5-3-4-10(14)8-12/h3-5,8,11H,2,6-7,9H2,1H3,(H,15,17). The van der Waals surface area contributed by atoms with Gasteiger partial charge < -0.3 is 15.0 Å². The Labute approximate surface area is 106 Å². The van der Waals surface area contributed by atoms with Crippen molar-refractivity contribution in [1.82, 2.24) is 5.32 Å². The number of benzene rings is 1. The van der Waals surface area contributed by atoms with Crippen molar-refractivity contribution < 1.29 is 13.9 Å². The zero-order valence-electron chi connectivity index (χ0n) is 10.4. The number of anilines is 1. The van der Waals surface area contributed by atoms with Gasteiger partial charge in [-0.3, -0.25) is 0 Å². The molecule has 18 heavy (non-hydrogen) atoms. The summed E-state index contributed by atoms with van der Waals surface area (Å²) < 4.78 is 17.9. The Morgan fingerprint density at radius 3 is 3.17 bits per heavy atom. The molecule has 0 radical (unpaired) electrons. The van der Waals surface area contributed by atoms with Crippen molar-refractivity contribution in [2.75, 3.05) is 24.6 Å². The van der Waals surface area contributed by atoms with Crippen LogP contribution in [0.5, 0.6) is 0 Å². The van der Waals surface area contributed by atoms with Crippen LogP contribution < -0.4 is 10.2 Å². The topological polar surface area (TPSA) is 41.6 Å². The van der Waals surface area contributed by atoms with E-state index in [2.05, 4.69) is 10.2 Å². The van der Waals surface area contributed by atoms with Crippen LogP contribution in [0.3, 0.4) is 0 Å². The molecular formula is C13H17FN2O2. The Kier molecular flexibility index (Phi) is 4.02. The molecule has 4 nitrogen and oxygen atoms in total. The molecule has 0 aliphatic carbocycles. The van der Waals surface area contributed by atoms with Crippen LogP contribution in [0.4, 0.5) is 14.9 Å². The number of ether oxygens (including phenoxy) is 1. The van der Waals surface area contributed by atoms with E-state index >= 15 is 0 Å². The first-order valence-corrected chi connectivity index (χ1v) is 6.13. The SMILES string of the molecule is CCOC(=O)NC1CCN(c2cccc(F)c2)C1. The zero-order valence-corrected chi connectivity index (χ0v) is 10.4. The van der Waals surface area contributed by atoms with E-state index in [1.165, 1.54) is 12.1 Å². The third-order valence-electron chi connectivity index (χ3n) is 2.96. The van der Waals surface area contributed by atoms with Crippen molar-refractivity contribution in [2.24, 2.45) is 0 Å². The summed E-state index contributed by atoms with van der Waals surface area (Å²) >= 11 is 0. The third kappa shape index (κ3) is 3.12. The molecule has 1 amide bonds. The molecule has 1 N–H and O–H groups in total. The Hall–Kier alpha value is -1.78. The van der Waals surface area contributed by atoms with Crippen LogP contribution in [0, 0.1) is 5.82 Å². The molecule has 1 aromatic rings. The summed E-state index contributed by atoms with van der Waals surface area (Å²) in [6, 6.07) is 6.56. The maximum atomic E-state index is 13.1. The summed E-state index contributed by atoms with van der Waals surface area (Å²) in [6.07, 6.45) is 0.457. The van der Waals surface area contributed by atoms with Crippen molar-refractivity contribution in [3.05, 3.63) is 30.1 Å². The van der Waals surface area contributed by atoms with E-state index in [4.69, 9.17) is 4.74 Å². The van der Waals surface area contributed by atoms with Gasteiger partial charge in [0.15, 0.2) is 0 Å². The molecule has 5 heteroatoms. The van der Waals surface area contributed by atoms with E-state index in [0.717, 1.165) is 18.7 Å². The van der Waals surface area contributed by atoms with Gasteiger partial charge >= 0.3 is 6.09 Å². The monoisotopic (exact) mass is 252 g/mol. The first kappa shape index (κ1) is 12.7. The van der Waals surface area contributed by atoms with Crippen molar-refractivity contribution in [1.29, 1.82) is 0 Å². The molecule has 1 heterocycles. The number of halogens is 1. The molecule has 0 saturated carbocycles. The van der Waals surface area contributed by atoms with Crippen molar-refractivity contribution in [3.63, 3.8) is 0 Å². The van der Waals surface area contributed by atoms with Crippen molar-refractivity contribution in [3.8, 4) is 0 Å². The molecule has 1 aromatic carbocycles. The lowest BCUT2D eigenvalue weighted by Crippen LogP contribution is -2.37. The molecule has 0 spiro atoms. The predicted molar refractivity (Wildman–Crippen MR) is 67.2 cm³/mol. The normalized spacial score (nSPS) is 18.8. The molecule has 1 atom stereocenters. The largest absolute Gasteiger partial charge is 0.450 e. The number of carbonyl (C=O) groups excluding carboxylic acids is 1. The van der Waals surface area contributed by atoms with Gasteiger partial charge in [-0.15, -0.1) is 0 Å². The first-order valence-electron chi connectivity index (χ1n) is 6.13. The first-order chi connectivity index (χ1) is 8.69. The Balaban J connectivity index is 1.90. The number of carbonyl (C=O) groups is 1. The smallest absolute Gasteiger partial charge is 0.407 e. The number of amides is 1. The number of rotatable bonds is 3. The fourth-order valence-electron chi connectivity index (χ4n) is 2.12. The van der Waals surface area contributed by atoms with Gasteiger partial charge in [-0.1, -0.05) is 6.07 Å². The minimum Gasteiger partial charge on any atom is -0.450 e. The molecule has 0 bridgehead atoms. The highest BCUT2D eigenvalue weighted by atomic mass is 19.1. The van der Waals surface area contributed by atoms with E-state index < -0.39 is 0 Å². The highest BCUT2D eigenvalue weighted by Crippen LogP contribution is 2.21. The minimum absolute atomic E-state index is 0.0623. The molecular weight excluding hydrogens is 235 g/mol. The Morgan fingerprint density at radius 2 is 2.44 bits per heavy atom. The van der Waals surface area contributed by atoms with Gasteiger partial charge in [0.25, 0.3) is 0 Å². The molecule has 1 aliphatic rings. The second-order valence-corrected chi connectivity index (χ2v) is 4.28. The van der Waals surface area contributed by atoms with Crippen LogP contribution in [-0.4, -0.2) is 31.8 Å². The summed E-state index contributed by atoms with van der Waals surface area (Å²) in [5.74, 6) is -0.241. The van der Waals surface area contributed by atoms with Gasteiger partial charge in [0.2, 0.25) is 0 Å². The minimum atomic E-state index is -0.386. The van der Waals surface area contributed by atoms with E-state index in [9.17, 15) is 9.18 Å². The lowest BCUT2D eigenvalue weighted by molar-refractivity contribution is 0.149. The van der Waals surface area contributed by atoms with Crippen LogP contribution >= 0.6 is 0 Å². The summed E-state index contributed by atoms with van der Waals surface area (Å²) in [5.41, 5.74) is 0.850. The molecule has 2 rings (SSSR count). The quantitative estimate of drug-likeness (QED) is 0.896. The average Bonchev–Trinajstić information content (AvgIpc) is 2.78. The fraction of sp³-hybridized carbons (Fsp3) is 0.462.